The van der Waals surface area contributed by atoms with Crippen molar-refractivity contribution in [2.75, 3.05) is 24.5 Å². The Labute approximate surface area is 128 Å². The van der Waals surface area contributed by atoms with Gasteiger partial charge in [0.1, 0.15) is 5.82 Å². The van der Waals surface area contributed by atoms with Crippen molar-refractivity contribution >= 4 is 5.82 Å². The molecule has 0 radical (unpaired) electrons. The molecular weight excluding hydrogens is 262 g/mol. The minimum absolute atomic E-state index is 0.190. The van der Waals surface area contributed by atoms with Crippen LogP contribution < -0.4 is 10.2 Å². The SMILES string of the molecule is CCCNC(C)c1ccnc(N2CCC(C(C)O)CC2)c1. The number of hydrogen-bond donors (Lipinski definition) is 2. The van der Waals surface area contributed by atoms with Crippen molar-refractivity contribution in [3.8, 4) is 0 Å². The van der Waals surface area contributed by atoms with Crippen LogP contribution in [0.3, 0.4) is 0 Å². The monoisotopic (exact) mass is 291 g/mol. The normalized spacial score (nSPS) is 19.5. The Hall–Kier alpha value is -1.13. The highest BCUT2D eigenvalue weighted by molar-refractivity contribution is 5.42. The van der Waals surface area contributed by atoms with Crippen LogP contribution in [0.5, 0.6) is 0 Å². The molecule has 2 atom stereocenters. The summed E-state index contributed by atoms with van der Waals surface area (Å²) in [5.74, 6) is 1.51. The fourth-order valence-electron chi connectivity index (χ4n) is 2.97. The average Bonchev–Trinajstić information content (AvgIpc) is 2.52. The van der Waals surface area contributed by atoms with Gasteiger partial charge in [0.25, 0.3) is 0 Å². The van der Waals surface area contributed by atoms with Gasteiger partial charge in [-0.15, -0.1) is 0 Å². The molecule has 0 spiro atoms. The number of aliphatic hydroxyl groups is 1. The van der Waals surface area contributed by atoms with Crippen molar-refractivity contribution in [1.82, 2.24) is 10.3 Å². The Balaban J connectivity index is 1.98. The van der Waals surface area contributed by atoms with Crippen LogP contribution in [0.4, 0.5) is 5.82 Å². The number of pyridine rings is 1. The van der Waals surface area contributed by atoms with Crippen LogP contribution in [0, 0.1) is 5.92 Å². The summed E-state index contributed by atoms with van der Waals surface area (Å²) in [4.78, 5) is 6.87. The van der Waals surface area contributed by atoms with E-state index in [0.717, 1.165) is 44.7 Å². The lowest BCUT2D eigenvalue weighted by Crippen LogP contribution is -2.37. The molecule has 2 heterocycles. The Bertz CT molecular complexity index is 428. The highest BCUT2D eigenvalue weighted by atomic mass is 16.3. The van der Waals surface area contributed by atoms with Gasteiger partial charge in [0.2, 0.25) is 0 Å². The molecule has 1 aliphatic heterocycles. The number of aliphatic hydroxyl groups excluding tert-OH is 1. The van der Waals surface area contributed by atoms with E-state index in [2.05, 4.69) is 41.2 Å². The van der Waals surface area contributed by atoms with Crippen LogP contribution in [-0.4, -0.2) is 35.8 Å². The summed E-state index contributed by atoms with van der Waals surface area (Å²) in [6.07, 6.45) is 4.97. The van der Waals surface area contributed by atoms with Gasteiger partial charge in [0.05, 0.1) is 6.10 Å². The molecule has 118 valence electrons. The molecule has 0 aromatic carbocycles. The quantitative estimate of drug-likeness (QED) is 0.846. The van der Waals surface area contributed by atoms with Crippen LogP contribution >= 0.6 is 0 Å². The summed E-state index contributed by atoms with van der Waals surface area (Å²) in [6.45, 7) is 9.31. The largest absolute Gasteiger partial charge is 0.393 e. The summed E-state index contributed by atoms with van der Waals surface area (Å²) < 4.78 is 0. The third-order valence-electron chi connectivity index (χ3n) is 4.52. The van der Waals surface area contributed by atoms with E-state index in [9.17, 15) is 5.11 Å². The van der Waals surface area contributed by atoms with Gasteiger partial charge in [-0.2, -0.15) is 0 Å². The number of aromatic nitrogens is 1. The van der Waals surface area contributed by atoms with Gasteiger partial charge in [-0.1, -0.05) is 6.92 Å². The van der Waals surface area contributed by atoms with Crippen LogP contribution in [0.2, 0.25) is 0 Å². The summed E-state index contributed by atoms with van der Waals surface area (Å²) in [5, 5.41) is 13.2. The summed E-state index contributed by atoms with van der Waals surface area (Å²) in [7, 11) is 0. The number of anilines is 1. The molecule has 0 bridgehead atoms. The molecule has 1 aliphatic rings. The van der Waals surface area contributed by atoms with E-state index in [1.54, 1.807) is 0 Å². The smallest absolute Gasteiger partial charge is 0.128 e. The van der Waals surface area contributed by atoms with E-state index < -0.39 is 0 Å². The zero-order valence-corrected chi connectivity index (χ0v) is 13.5. The van der Waals surface area contributed by atoms with E-state index in [0.29, 0.717) is 12.0 Å². The Kier molecular flexibility index (Phi) is 6.00. The number of rotatable bonds is 6. The van der Waals surface area contributed by atoms with Gasteiger partial charge in [-0.25, -0.2) is 4.98 Å². The second-order valence-corrected chi connectivity index (χ2v) is 6.19. The van der Waals surface area contributed by atoms with Crippen molar-refractivity contribution < 1.29 is 5.11 Å². The first-order valence-corrected chi connectivity index (χ1v) is 8.24. The number of hydrogen-bond acceptors (Lipinski definition) is 4. The number of nitrogens with zero attached hydrogens (tertiary/aromatic N) is 2. The van der Waals surface area contributed by atoms with Crippen molar-refractivity contribution in [3.63, 3.8) is 0 Å². The van der Waals surface area contributed by atoms with Crippen molar-refractivity contribution in [3.05, 3.63) is 23.9 Å². The van der Waals surface area contributed by atoms with Crippen LogP contribution in [0.15, 0.2) is 18.3 Å². The standard InChI is InChI=1S/C17H29N3O/c1-4-8-18-13(2)16-5-9-19-17(12-16)20-10-6-15(7-11-20)14(3)21/h5,9,12-15,18,21H,4,6-8,10-11H2,1-3H3. The molecule has 4 nitrogen and oxygen atoms in total. The van der Waals surface area contributed by atoms with Crippen molar-refractivity contribution in [2.24, 2.45) is 5.92 Å². The second kappa shape index (κ2) is 7.76. The van der Waals surface area contributed by atoms with E-state index in [-0.39, 0.29) is 6.10 Å². The second-order valence-electron chi connectivity index (χ2n) is 6.19. The molecule has 0 saturated carbocycles. The molecule has 1 fully saturated rings. The van der Waals surface area contributed by atoms with Gasteiger partial charge < -0.3 is 15.3 Å². The first kappa shape index (κ1) is 16.2. The molecule has 1 saturated heterocycles. The third kappa shape index (κ3) is 4.42. The van der Waals surface area contributed by atoms with E-state index in [4.69, 9.17) is 0 Å². The Morgan fingerprint density at radius 3 is 2.71 bits per heavy atom. The fourth-order valence-corrected chi connectivity index (χ4v) is 2.97. The maximum Gasteiger partial charge on any atom is 0.128 e. The van der Waals surface area contributed by atoms with Crippen molar-refractivity contribution in [2.45, 2.75) is 52.2 Å². The van der Waals surface area contributed by atoms with Gasteiger partial charge in [-0.3, -0.25) is 0 Å². The highest BCUT2D eigenvalue weighted by Gasteiger charge is 2.23. The van der Waals surface area contributed by atoms with Gasteiger partial charge >= 0.3 is 0 Å². The lowest BCUT2D eigenvalue weighted by Gasteiger charge is -2.34. The van der Waals surface area contributed by atoms with Gasteiger partial charge in [0.15, 0.2) is 0 Å². The maximum absolute atomic E-state index is 9.69. The Morgan fingerprint density at radius 2 is 2.10 bits per heavy atom. The summed E-state index contributed by atoms with van der Waals surface area (Å²) >= 11 is 0. The summed E-state index contributed by atoms with van der Waals surface area (Å²) in [6, 6.07) is 4.66. The zero-order valence-electron chi connectivity index (χ0n) is 13.5. The van der Waals surface area contributed by atoms with Gasteiger partial charge in [-0.05, 0) is 63.3 Å². The Morgan fingerprint density at radius 1 is 1.38 bits per heavy atom. The fraction of sp³-hybridized carbons (Fsp3) is 0.706. The highest BCUT2D eigenvalue weighted by Crippen LogP contribution is 2.25. The number of nitrogens with one attached hydrogen (secondary N) is 1. The maximum atomic E-state index is 9.69. The van der Waals surface area contributed by atoms with E-state index in [1.165, 1.54) is 5.56 Å². The minimum Gasteiger partial charge on any atom is -0.393 e. The average molecular weight is 291 g/mol. The van der Waals surface area contributed by atoms with E-state index in [1.807, 2.05) is 13.1 Å². The first-order chi connectivity index (χ1) is 10.1. The molecule has 1 aromatic rings. The molecule has 21 heavy (non-hydrogen) atoms. The van der Waals surface area contributed by atoms with Crippen LogP contribution in [0.25, 0.3) is 0 Å². The number of piperidine rings is 1. The van der Waals surface area contributed by atoms with Crippen LogP contribution in [0.1, 0.15) is 51.6 Å². The molecule has 2 N–H and O–H groups in total. The topological polar surface area (TPSA) is 48.4 Å². The molecule has 0 amide bonds. The van der Waals surface area contributed by atoms with Gasteiger partial charge in [0, 0.05) is 25.3 Å². The lowest BCUT2D eigenvalue weighted by molar-refractivity contribution is 0.110. The first-order valence-electron chi connectivity index (χ1n) is 8.24. The predicted molar refractivity (Wildman–Crippen MR) is 87.6 cm³/mol. The molecule has 4 heteroatoms. The zero-order chi connectivity index (χ0) is 15.2. The summed E-state index contributed by atoms with van der Waals surface area (Å²) in [5.41, 5.74) is 1.30. The third-order valence-corrected chi connectivity index (χ3v) is 4.52. The molecule has 2 unspecified atom stereocenters. The molecular formula is C17H29N3O. The van der Waals surface area contributed by atoms with E-state index >= 15 is 0 Å². The molecule has 1 aromatic heterocycles. The van der Waals surface area contributed by atoms with Crippen LogP contribution in [-0.2, 0) is 0 Å². The minimum atomic E-state index is -0.190. The molecule has 0 aliphatic carbocycles. The lowest BCUT2D eigenvalue weighted by atomic mass is 9.92. The van der Waals surface area contributed by atoms with Crippen molar-refractivity contribution in [1.29, 1.82) is 0 Å². The predicted octanol–water partition coefficient (Wildman–Crippen LogP) is 2.74. The molecule has 2 rings (SSSR count).